The van der Waals surface area contributed by atoms with Crippen LogP contribution < -0.4 is 0 Å². The van der Waals surface area contributed by atoms with E-state index in [9.17, 15) is 26.7 Å². The van der Waals surface area contributed by atoms with Crippen molar-refractivity contribution in [2.24, 2.45) is 0 Å². The van der Waals surface area contributed by atoms with Crippen LogP contribution in [0.3, 0.4) is 0 Å². The maximum atomic E-state index is 11.4. The van der Waals surface area contributed by atoms with Gasteiger partial charge in [0.15, 0.2) is 0 Å². The second-order valence-corrected chi connectivity index (χ2v) is 7.13. The van der Waals surface area contributed by atoms with Crippen molar-refractivity contribution in [2.45, 2.75) is 45.7 Å². The number of aryl methyl sites for hydroxylation is 2. The molecule has 0 heterocycles. The summed E-state index contributed by atoms with van der Waals surface area (Å²) in [5.74, 6) is -1.74. The fourth-order valence-corrected chi connectivity index (χ4v) is 1.26. The van der Waals surface area contributed by atoms with E-state index in [4.69, 9.17) is 0 Å². The molecule has 0 saturated heterocycles. The normalized spacial score (nSPS) is 9.68. The molecule has 2 aromatic carbocycles. The molecule has 9 heteroatoms. The van der Waals surface area contributed by atoms with E-state index in [2.05, 4.69) is 70.4 Å². The maximum Gasteiger partial charge on any atom is 0.417 e. The predicted octanol–water partition coefficient (Wildman–Crippen LogP) is 8.34. The summed E-state index contributed by atoms with van der Waals surface area (Å²) in [6.45, 7) is 7.29. The van der Waals surface area contributed by atoms with Crippen molar-refractivity contribution in [3.8, 4) is 0 Å². The van der Waals surface area contributed by atoms with Crippen molar-refractivity contribution in [3.05, 3.63) is 71.8 Å². The number of hydrogen-bond donors (Lipinski definition) is 0. The molecule has 0 fully saturated rings. The summed E-state index contributed by atoms with van der Waals surface area (Å²) >= 11 is 7.32. The number of benzene rings is 2. The smallest absolute Gasteiger partial charge is 0.417 e. The molecule has 2 nitrogen and oxygen atoms in total. The lowest BCUT2D eigenvalue weighted by molar-refractivity contribution is -0.157. The number of hydrogen-bond acceptors (Lipinski definition) is 2. The molecule has 0 aromatic heterocycles. The molecule has 0 bridgehead atoms. The Morgan fingerprint density at radius 2 is 1.13 bits per heavy atom. The Balaban J connectivity index is -0.000000325. The summed E-state index contributed by atoms with van der Waals surface area (Å²) in [5.41, 5.74) is 2.64. The third kappa shape index (κ3) is 30.6. The van der Waals surface area contributed by atoms with E-state index in [0.29, 0.717) is 0 Å². The Hall–Kier alpha value is -1.67. The molecule has 2 aromatic rings. The van der Waals surface area contributed by atoms with Crippen LogP contribution in [0.4, 0.5) is 22.0 Å². The lowest BCUT2D eigenvalue weighted by atomic mass is 10.2. The zero-order chi connectivity index (χ0) is 24.9. The Morgan fingerprint density at radius 1 is 0.871 bits per heavy atom. The van der Waals surface area contributed by atoms with Crippen molar-refractivity contribution in [3.63, 3.8) is 0 Å². The molecule has 0 N–H and O–H groups in total. The van der Waals surface area contributed by atoms with Gasteiger partial charge in [-0.15, -0.1) is 0 Å². The monoisotopic (exact) mass is 534 g/mol. The predicted molar refractivity (Wildman–Crippen MR) is 121 cm³/mol. The molecule has 31 heavy (non-hydrogen) atoms. The van der Waals surface area contributed by atoms with Gasteiger partial charge in [-0.05, 0) is 25.4 Å². The number of methoxy groups -OCH3 is 1. The summed E-state index contributed by atoms with van der Waals surface area (Å²) in [7, 11) is 0.832. The maximum absolute atomic E-state index is 11.4. The topological polar surface area (TPSA) is 26.3 Å². The molecule has 0 aliphatic heterocycles. The number of ether oxygens (including phenoxy) is 1. The second kappa shape index (κ2) is 20.2. The number of halogens is 7. The summed E-state index contributed by atoms with van der Waals surface area (Å²) in [6.07, 6.45) is -4.69. The second-order valence-electron chi connectivity index (χ2n) is 5.53. The van der Waals surface area contributed by atoms with Crippen molar-refractivity contribution in [1.82, 2.24) is 0 Å². The minimum Gasteiger partial charge on any atom is -0.464 e. The zero-order valence-electron chi connectivity index (χ0n) is 18.1. The van der Waals surface area contributed by atoms with Crippen molar-refractivity contribution >= 4 is 33.5 Å². The van der Waals surface area contributed by atoms with Gasteiger partial charge in [-0.3, -0.25) is 0 Å². The van der Waals surface area contributed by atoms with Gasteiger partial charge >= 0.3 is 17.5 Å². The quantitative estimate of drug-likeness (QED) is 0.208. The average molecular weight is 536 g/mol. The van der Waals surface area contributed by atoms with Crippen LogP contribution in [0.25, 0.3) is 0 Å². The first kappa shape index (κ1) is 34.0. The van der Waals surface area contributed by atoms with Crippen molar-refractivity contribution in [2.75, 3.05) is 12.4 Å². The van der Waals surface area contributed by atoms with E-state index in [1.807, 2.05) is 43.3 Å². The first-order chi connectivity index (χ1) is 14.2. The van der Waals surface area contributed by atoms with Crippen LogP contribution in [0, 0.1) is 13.8 Å². The molecule has 0 spiro atoms. The van der Waals surface area contributed by atoms with Crippen LogP contribution in [-0.2, 0) is 9.53 Å². The third-order valence-electron chi connectivity index (χ3n) is 2.70. The first-order valence-corrected chi connectivity index (χ1v) is 10.6. The van der Waals surface area contributed by atoms with Gasteiger partial charge in [-0.25, -0.2) is 4.79 Å². The van der Waals surface area contributed by atoms with Gasteiger partial charge in [-0.2, -0.15) is 22.0 Å². The lowest BCUT2D eigenvalue weighted by Gasteiger charge is -2.01. The molecule has 0 unspecified atom stereocenters. The lowest BCUT2D eigenvalue weighted by Crippen LogP contribution is -2.22. The number of carbonyl (C=O) groups is 1. The first-order valence-electron chi connectivity index (χ1n) is 9.06. The van der Waals surface area contributed by atoms with E-state index in [1.54, 1.807) is 0 Å². The molecule has 0 aliphatic rings. The average Bonchev–Trinajstić information content (AvgIpc) is 2.69. The zero-order valence-corrected chi connectivity index (χ0v) is 20.5. The Labute approximate surface area is 194 Å². The molecular weight excluding hydrogens is 507 g/mol. The minimum absolute atomic E-state index is 0.729. The van der Waals surface area contributed by atoms with E-state index in [0.717, 1.165) is 19.4 Å². The number of carbonyl (C=O) groups excluding carboxylic acids is 1. The molecule has 0 amide bonds. The van der Waals surface area contributed by atoms with Crippen LogP contribution in [0.2, 0.25) is 0 Å². The SMILES string of the molecule is CCBr.CCC(F)(F)F.COC(=O)C(F)(F)Cl.Cc1ccccc1.Cc1ccccc1. The molecule has 0 aliphatic carbocycles. The van der Waals surface area contributed by atoms with E-state index in [-0.39, 0.29) is 0 Å². The highest BCUT2D eigenvalue weighted by atomic mass is 79.9. The van der Waals surface area contributed by atoms with E-state index < -0.39 is 23.9 Å². The highest BCUT2D eigenvalue weighted by Crippen LogP contribution is 2.19. The summed E-state index contributed by atoms with van der Waals surface area (Å²) in [5, 5.41) is -2.82. The van der Waals surface area contributed by atoms with Crippen molar-refractivity contribution < 1.29 is 31.5 Å². The van der Waals surface area contributed by atoms with Crippen LogP contribution in [-0.4, -0.2) is 30.0 Å². The van der Waals surface area contributed by atoms with Gasteiger partial charge < -0.3 is 4.74 Å². The molecule has 2 rings (SSSR count). The van der Waals surface area contributed by atoms with Gasteiger partial charge in [0, 0.05) is 11.8 Å². The van der Waals surface area contributed by atoms with Gasteiger partial charge in [0.05, 0.1) is 7.11 Å². The number of alkyl halides is 7. The highest BCUT2D eigenvalue weighted by molar-refractivity contribution is 9.09. The number of rotatable bonds is 1. The molecule has 0 radical (unpaired) electrons. The summed E-state index contributed by atoms with van der Waals surface area (Å²) < 4.78 is 58.8. The highest BCUT2D eigenvalue weighted by Gasteiger charge is 2.36. The van der Waals surface area contributed by atoms with Gasteiger partial charge in [-0.1, -0.05) is 102 Å². The summed E-state index contributed by atoms with van der Waals surface area (Å²) in [4.78, 5) is 9.73. The minimum atomic E-state index is -3.96. The van der Waals surface area contributed by atoms with Gasteiger partial charge in [0.25, 0.3) is 0 Å². The van der Waals surface area contributed by atoms with Gasteiger partial charge in [0.2, 0.25) is 0 Å². The van der Waals surface area contributed by atoms with E-state index in [1.165, 1.54) is 11.1 Å². The number of esters is 1. The molecule has 0 atom stereocenters. The Bertz CT molecular complexity index is 611. The van der Waals surface area contributed by atoms with Crippen LogP contribution in [0.15, 0.2) is 60.7 Å². The Morgan fingerprint density at radius 3 is 1.19 bits per heavy atom. The fraction of sp³-hybridized carbons (Fsp3) is 0.409. The Kier molecular flexibility index (Phi) is 22.2. The third-order valence-corrected chi connectivity index (χ3v) is 2.85. The van der Waals surface area contributed by atoms with Crippen LogP contribution in [0.5, 0.6) is 0 Å². The molecule has 0 saturated carbocycles. The molecule has 178 valence electrons. The van der Waals surface area contributed by atoms with Crippen LogP contribution >= 0.6 is 27.5 Å². The van der Waals surface area contributed by atoms with Crippen molar-refractivity contribution in [1.29, 1.82) is 0 Å². The largest absolute Gasteiger partial charge is 0.464 e. The molecular formula is C22H29BrClF5O2. The summed E-state index contributed by atoms with van der Waals surface area (Å²) in [6, 6.07) is 20.5. The van der Waals surface area contributed by atoms with E-state index >= 15 is 0 Å². The van der Waals surface area contributed by atoms with Gasteiger partial charge in [0.1, 0.15) is 0 Å². The fourth-order valence-electron chi connectivity index (χ4n) is 1.18. The van der Waals surface area contributed by atoms with Crippen LogP contribution in [0.1, 0.15) is 31.4 Å². The standard InChI is InChI=1S/2C7H8.C3H3ClF2O2.C3H5F3.C2H5Br/c2*1-7-5-3-2-4-6-7;1-8-2(7)3(4,5)6;1-2-3(4,5)6;1-2-3/h2*2-6H,1H3;1H3;2H2,1H3;2H2,1H3.